The highest BCUT2D eigenvalue weighted by Crippen LogP contribution is 2.21. The summed E-state index contributed by atoms with van der Waals surface area (Å²) >= 11 is 3.31. The zero-order chi connectivity index (χ0) is 13.8. The molecule has 0 unspecified atom stereocenters. The lowest BCUT2D eigenvalue weighted by molar-refractivity contribution is 0.102. The fourth-order valence-electron chi connectivity index (χ4n) is 1.64. The molecule has 0 aromatic carbocycles. The van der Waals surface area contributed by atoms with Crippen molar-refractivity contribution >= 4 is 33.3 Å². The van der Waals surface area contributed by atoms with Gasteiger partial charge < -0.3 is 11.1 Å². The smallest absolute Gasteiger partial charge is 0.279 e. The maximum atomic E-state index is 12.1. The van der Waals surface area contributed by atoms with E-state index in [4.69, 9.17) is 5.73 Å². The van der Waals surface area contributed by atoms with E-state index in [1.807, 2.05) is 6.92 Å². The minimum atomic E-state index is -0.379. The number of nitrogens with two attached hydrogens (primary N) is 1. The van der Waals surface area contributed by atoms with Gasteiger partial charge in [0, 0.05) is 6.20 Å². The lowest BCUT2D eigenvalue weighted by Gasteiger charge is -2.04. The van der Waals surface area contributed by atoms with Gasteiger partial charge in [0.05, 0.1) is 15.9 Å². The average Bonchev–Trinajstić information content (AvgIpc) is 2.75. The Labute approximate surface area is 118 Å². The van der Waals surface area contributed by atoms with Crippen molar-refractivity contribution in [2.75, 3.05) is 11.1 Å². The van der Waals surface area contributed by atoms with Crippen molar-refractivity contribution in [1.29, 1.82) is 0 Å². The lowest BCUT2D eigenvalue weighted by Crippen LogP contribution is -2.15. The molecule has 0 saturated heterocycles. The van der Waals surface area contributed by atoms with Crippen molar-refractivity contribution in [2.24, 2.45) is 0 Å². The Morgan fingerprint density at radius 3 is 3.05 bits per heavy atom. The topological polar surface area (TPSA) is 96.7 Å². The van der Waals surface area contributed by atoms with E-state index in [-0.39, 0.29) is 11.6 Å². The summed E-state index contributed by atoms with van der Waals surface area (Å²) in [7, 11) is 0. The molecule has 19 heavy (non-hydrogen) atoms. The molecule has 7 heteroatoms. The number of nitrogen functional groups attached to an aromatic ring is 1. The highest BCUT2D eigenvalue weighted by atomic mass is 79.9. The van der Waals surface area contributed by atoms with Crippen LogP contribution in [0, 0.1) is 0 Å². The van der Waals surface area contributed by atoms with Gasteiger partial charge in [-0.15, -0.1) is 0 Å². The number of halogens is 1. The van der Waals surface area contributed by atoms with Crippen LogP contribution >= 0.6 is 15.9 Å². The third-order valence-electron chi connectivity index (χ3n) is 2.59. The number of carbonyl (C=O) groups is 1. The van der Waals surface area contributed by atoms with E-state index < -0.39 is 0 Å². The highest BCUT2D eigenvalue weighted by molar-refractivity contribution is 9.10. The molecule has 2 aromatic rings. The number of aryl methyl sites for hydroxylation is 1. The minimum Gasteiger partial charge on any atom is -0.395 e. The van der Waals surface area contributed by atoms with E-state index in [0.29, 0.717) is 16.0 Å². The molecular formula is C12H14BrN5O. The molecule has 0 spiro atoms. The molecular weight excluding hydrogens is 310 g/mol. The SMILES string of the molecule is CCCc1[nH]nc(C(=O)Nc2ncccc2Br)c1N. The van der Waals surface area contributed by atoms with Crippen molar-refractivity contribution in [3.05, 3.63) is 34.2 Å². The maximum Gasteiger partial charge on any atom is 0.279 e. The summed E-state index contributed by atoms with van der Waals surface area (Å²) in [6.45, 7) is 2.03. The van der Waals surface area contributed by atoms with Gasteiger partial charge in [-0.3, -0.25) is 9.89 Å². The molecule has 2 aromatic heterocycles. The number of carbonyl (C=O) groups excluding carboxylic acids is 1. The molecule has 6 nitrogen and oxygen atoms in total. The van der Waals surface area contributed by atoms with Crippen LogP contribution in [0.25, 0.3) is 0 Å². The van der Waals surface area contributed by atoms with E-state index >= 15 is 0 Å². The lowest BCUT2D eigenvalue weighted by atomic mass is 10.2. The molecule has 0 atom stereocenters. The van der Waals surface area contributed by atoms with E-state index in [1.54, 1.807) is 18.3 Å². The Hall–Kier alpha value is -1.89. The van der Waals surface area contributed by atoms with Crippen LogP contribution in [-0.2, 0) is 6.42 Å². The van der Waals surface area contributed by atoms with Crippen LogP contribution in [0.3, 0.4) is 0 Å². The molecule has 0 aliphatic heterocycles. The van der Waals surface area contributed by atoms with Gasteiger partial charge in [-0.05, 0) is 34.5 Å². The quantitative estimate of drug-likeness (QED) is 0.804. The van der Waals surface area contributed by atoms with Crippen molar-refractivity contribution < 1.29 is 4.79 Å². The molecule has 2 heterocycles. The molecule has 1 amide bonds. The summed E-state index contributed by atoms with van der Waals surface area (Å²) in [5, 5.41) is 9.41. The Kier molecular flexibility index (Phi) is 4.16. The Morgan fingerprint density at radius 1 is 1.58 bits per heavy atom. The molecule has 0 saturated carbocycles. The van der Waals surface area contributed by atoms with Gasteiger partial charge in [-0.2, -0.15) is 5.10 Å². The fraction of sp³-hybridized carbons (Fsp3) is 0.250. The third-order valence-corrected chi connectivity index (χ3v) is 3.23. The largest absolute Gasteiger partial charge is 0.395 e. The van der Waals surface area contributed by atoms with Gasteiger partial charge >= 0.3 is 0 Å². The summed E-state index contributed by atoms with van der Waals surface area (Å²) in [6.07, 6.45) is 3.29. The molecule has 4 N–H and O–H groups in total. The second-order valence-corrected chi connectivity index (χ2v) is 4.86. The van der Waals surface area contributed by atoms with Gasteiger partial charge in [-0.25, -0.2) is 4.98 Å². The maximum absolute atomic E-state index is 12.1. The zero-order valence-electron chi connectivity index (χ0n) is 10.4. The third kappa shape index (κ3) is 2.93. The first-order valence-electron chi connectivity index (χ1n) is 5.88. The van der Waals surface area contributed by atoms with Crippen LogP contribution in [0.15, 0.2) is 22.8 Å². The zero-order valence-corrected chi connectivity index (χ0v) is 12.0. The predicted molar refractivity (Wildman–Crippen MR) is 76.9 cm³/mol. The van der Waals surface area contributed by atoms with E-state index in [1.165, 1.54) is 0 Å². The first-order chi connectivity index (χ1) is 9.13. The molecule has 100 valence electrons. The van der Waals surface area contributed by atoms with Crippen LogP contribution in [0.4, 0.5) is 11.5 Å². The number of rotatable bonds is 4. The van der Waals surface area contributed by atoms with Crippen LogP contribution in [0.5, 0.6) is 0 Å². The predicted octanol–water partition coefficient (Wildman–Crippen LogP) is 2.35. The summed E-state index contributed by atoms with van der Waals surface area (Å²) in [6, 6.07) is 3.56. The number of aromatic nitrogens is 3. The monoisotopic (exact) mass is 323 g/mol. The second-order valence-electron chi connectivity index (χ2n) is 4.00. The Balaban J connectivity index is 2.19. The highest BCUT2D eigenvalue weighted by Gasteiger charge is 2.18. The molecule has 0 aliphatic carbocycles. The number of aromatic amines is 1. The van der Waals surface area contributed by atoms with Crippen LogP contribution < -0.4 is 11.1 Å². The number of H-pyrrole nitrogens is 1. The van der Waals surface area contributed by atoms with Gasteiger partial charge in [0.15, 0.2) is 5.69 Å². The number of pyridine rings is 1. The number of hydrogen-bond donors (Lipinski definition) is 3. The van der Waals surface area contributed by atoms with Crippen molar-refractivity contribution in [2.45, 2.75) is 19.8 Å². The number of nitrogens with zero attached hydrogens (tertiary/aromatic N) is 2. The van der Waals surface area contributed by atoms with Crippen LogP contribution in [0.1, 0.15) is 29.5 Å². The average molecular weight is 324 g/mol. The van der Waals surface area contributed by atoms with E-state index in [0.717, 1.165) is 18.5 Å². The summed E-state index contributed by atoms with van der Waals surface area (Å²) < 4.78 is 0.700. The first-order valence-corrected chi connectivity index (χ1v) is 6.67. The summed E-state index contributed by atoms with van der Waals surface area (Å²) in [4.78, 5) is 16.1. The standard InChI is InChI=1S/C12H14BrN5O/c1-2-4-8-9(14)10(18-17-8)12(19)16-11-7(13)5-3-6-15-11/h3,5-6H,2,4,14H2,1H3,(H,17,18)(H,15,16,19). The molecule has 0 fully saturated rings. The molecule has 0 bridgehead atoms. The normalized spacial score (nSPS) is 10.4. The fourth-order valence-corrected chi connectivity index (χ4v) is 2.00. The van der Waals surface area contributed by atoms with Crippen LogP contribution in [0.2, 0.25) is 0 Å². The summed E-state index contributed by atoms with van der Waals surface area (Å²) in [5.41, 5.74) is 7.27. The first kappa shape index (κ1) is 13.5. The minimum absolute atomic E-state index is 0.195. The van der Waals surface area contributed by atoms with Crippen molar-refractivity contribution in [3.8, 4) is 0 Å². The van der Waals surface area contributed by atoms with Gasteiger partial charge in [0.25, 0.3) is 5.91 Å². The van der Waals surface area contributed by atoms with Crippen molar-refractivity contribution in [1.82, 2.24) is 15.2 Å². The van der Waals surface area contributed by atoms with Gasteiger partial charge in [0.1, 0.15) is 5.82 Å². The second kappa shape index (κ2) is 5.83. The molecule has 2 rings (SSSR count). The molecule has 0 radical (unpaired) electrons. The Bertz CT molecular complexity index is 596. The van der Waals surface area contributed by atoms with Gasteiger partial charge in [0.2, 0.25) is 0 Å². The van der Waals surface area contributed by atoms with E-state index in [9.17, 15) is 4.79 Å². The van der Waals surface area contributed by atoms with Gasteiger partial charge in [-0.1, -0.05) is 13.3 Å². The number of amides is 1. The molecule has 0 aliphatic rings. The van der Waals surface area contributed by atoms with Crippen LogP contribution in [-0.4, -0.2) is 21.1 Å². The van der Waals surface area contributed by atoms with E-state index in [2.05, 4.69) is 36.4 Å². The summed E-state index contributed by atoms with van der Waals surface area (Å²) in [5.74, 6) is 0.0578. The number of anilines is 2. The Morgan fingerprint density at radius 2 is 2.37 bits per heavy atom. The van der Waals surface area contributed by atoms with Crippen molar-refractivity contribution in [3.63, 3.8) is 0 Å². The number of nitrogens with one attached hydrogen (secondary N) is 2. The number of hydrogen-bond acceptors (Lipinski definition) is 4.